The van der Waals surface area contributed by atoms with Gasteiger partial charge in [0.05, 0.1) is 17.0 Å². The minimum Gasteiger partial charge on any atom is -0.390 e. The Morgan fingerprint density at radius 3 is 2.90 bits per heavy atom. The largest absolute Gasteiger partial charge is 0.390 e. The van der Waals surface area contributed by atoms with E-state index in [0.717, 1.165) is 11.4 Å². The first-order valence-corrected chi connectivity index (χ1v) is 9.01. The fourth-order valence-electron chi connectivity index (χ4n) is 2.61. The Kier molecular flexibility index (Phi) is 3.73. The van der Waals surface area contributed by atoms with Gasteiger partial charge in [0.25, 0.3) is 0 Å². The molecular weight excluding hydrogens is 310 g/mol. The highest BCUT2D eigenvalue weighted by molar-refractivity contribution is 7.89. The summed E-state index contributed by atoms with van der Waals surface area (Å²) < 4.78 is 35.3. The normalized spacial score (nSPS) is 26.2. The molecule has 0 aromatic heterocycles. The first-order chi connectivity index (χ1) is 9.90. The third-order valence-corrected chi connectivity index (χ3v) is 6.36. The smallest absolute Gasteiger partial charge is 0.245 e. The lowest BCUT2D eigenvalue weighted by molar-refractivity contribution is 0.0465. The number of sulfonamides is 1. The summed E-state index contributed by atoms with van der Waals surface area (Å²) in [5, 5.41) is 10.1. The van der Waals surface area contributed by atoms with Crippen LogP contribution in [0.25, 0.3) is 0 Å². The summed E-state index contributed by atoms with van der Waals surface area (Å²) >= 11 is 1.01. The van der Waals surface area contributed by atoms with E-state index in [4.69, 9.17) is 0 Å². The molecule has 2 aliphatic heterocycles. The number of hydrogen-bond acceptors (Lipinski definition) is 5. The molecule has 6 nitrogen and oxygen atoms in total. The lowest BCUT2D eigenvalue weighted by Crippen LogP contribution is -2.33. The molecule has 0 bridgehead atoms. The van der Waals surface area contributed by atoms with Crippen LogP contribution in [0, 0.1) is 0 Å². The van der Waals surface area contributed by atoms with Gasteiger partial charge in [-0.2, -0.15) is 13.0 Å². The van der Waals surface area contributed by atoms with E-state index in [2.05, 4.69) is 8.73 Å². The van der Waals surface area contributed by atoms with Crippen molar-refractivity contribution in [1.29, 1.82) is 0 Å². The van der Waals surface area contributed by atoms with Crippen molar-refractivity contribution in [2.24, 2.45) is 8.73 Å². The van der Waals surface area contributed by atoms with Crippen molar-refractivity contribution in [2.75, 3.05) is 13.1 Å². The number of hydrogen-bond donors (Lipinski definition) is 1. The zero-order chi connectivity index (χ0) is 15.1. The minimum absolute atomic E-state index is 0.204. The van der Waals surface area contributed by atoms with Crippen LogP contribution in [-0.2, 0) is 21.4 Å². The molecule has 0 spiro atoms. The zero-order valence-corrected chi connectivity index (χ0v) is 13.3. The molecule has 1 aromatic rings. The standard InChI is InChI=1S/C13H17N3O3S2/c1-13(17)6-3-8-16(9-7-13)21(18,19)11-5-2-4-10-12(11)15-20-14-10/h2,4-5,17H,3,6-9H2,1H3. The Morgan fingerprint density at radius 2 is 2.10 bits per heavy atom. The van der Waals surface area contributed by atoms with Gasteiger partial charge in [0.2, 0.25) is 10.0 Å². The number of benzene rings is 1. The van der Waals surface area contributed by atoms with Crippen LogP contribution in [0.4, 0.5) is 11.4 Å². The topological polar surface area (TPSA) is 82.3 Å². The maximum atomic E-state index is 12.8. The SMILES string of the molecule is CC1(O)CCCN(S(=O)(=O)c2cccc3c2N=S=N3)CC1. The summed E-state index contributed by atoms with van der Waals surface area (Å²) in [5.41, 5.74) is 0.236. The van der Waals surface area contributed by atoms with Crippen molar-refractivity contribution in [2.45, 2.75) is 36.7 Å². The van der Waals surface area contributed by atoms with Crippen molar-refractivity contribution in [3.8, 4) is 0 Å². The molecule has 2 heterocycles. The summed E-state index contributed by atoms with van der Waals surface area (Å²) in [4.78, 5) is 0.204. The van der Waals surface area contributed by atoms with Crippen molar-refractivity contribution >= 4 is 32.8 Å². The van der Waals surface area contributed by atoms with Crippen LogP contribution in [0.2, 0.25) is 0 Å². The molecule has 2 aliphatic rings. The number of aliphatic hydroxyl groups is 1. The molecule has 3 rings (SSSR count). The van der Waals surface area contributed by atoms with E-state index < -0.39 is 15.6 Å². The zero-order valence-electron chi connectivity index (χ0n) is 11.7. The van der Waals surface area contributed by atoms with Gasteiger partial charge in [0.1, 0.15) is 16.3 Å². The fraction of sp³-hybridized carbons (Fsp3) is 0.538. The second-order valence-electron chi connectivity index (χ2n) is 5.64. The second-order valence-corrected chi connectivity index (χ2v) is 8.08. The third-order valence-electron chi connectivity index (χ3n) is 3.89. The maximum Gasteiger partial charge on any atom is 0.245 e. The molecule has 1 atom stereocenters. The Labute approximate surface area is 127 Å². The molecule has 1 fully saturated rings. The summed E-state index contributed by atoms with van der Waals surface area (Å²) in [5.74, 6) is 0. The minimum atomic E-state index is -3.61. The lowest BCUT2D eigenvalue weighted by Gasteiger charge is -2.22. The summed E-state index contributed by atoms with van der Waals surface area (Å²) in [6.07, 6.45) is 1.70. The molecule has 21 heavy (non-hydrogen) atoms. The third kappa shape index (κ3) is 2.80. The van der Waals surface area contributed by atoms with Gasteiger partial charge >= 0.3 is 0 Å². The first kappa shape index (κ1) is 14.8. The van der Waals surface area contributed by atoms with Gasteiger partial charge in [-0.25, -0.2) is 8.42 Å². The molecule has 0 radical (unpaired) electrons. The van der Waals surface area contributed by atoms with Crippen LogP contribution >= 0.6 is 0 Å². The highest BCUT2D eigenvalue weighted by atomic mass is 32.2. The highest BCUT2D eigenvalue weighted by Gasteiger charge is 2.33. The monoisotopic (exact) mass is 327 g/mol. The van der Waals surface area contributed by atoms with E-state index in [1.54, 1.807) is 25.1 Å². The quantitative estimate of drug-likeness (QED) is 0.919. The molecular formula is C13H17N3O3S2. The molecule has 0 aliphatic carbocycles. The molecule has 1 saturated heterocycles. The van der Waals surface area contributed by atoms with Gasteiger partial charge in [-0.1, -0.05) is 6.07 Å². The van der Waals surface area contributed by atoms with Crippen LogP contribution in [0.5, 0.6) is 0 Å². The molecule has 1 aromatic carbocycles. The van der Waals surface area contributed by atoms with E-state index in [9.17, 15) is 13.5 Å². The number of fused-ring (bicyclic) bond motifs is 1. The van der Waals surface area contributed by atoms with Gasteiger partial charge in [-0.15, -0.1) is 0 Å². The molecule has 1 N–H and O–H groups in total. The van der Waals surface area contributed by atoms with Gasteiger partial charge in [-0.05, 0) is 38.3 Å². The van der Waals surface area contributed by atoms with E-state index in [0.29, 0.717) is 43.7 Å². The Bertz CT molecular complexity index is 737. The van der Waals surface area contributed by atoms with E-state index in [-0.39, 0.29) is 4.90 Å². The van der Waals surface area contributed by atoms with E-state index >= 15 is 0 Å². The second kappa shape index (κ2) is 5.28. The van der Waals surface area contributed by atoms with Gasteiger partial charge in [-0.3, -0.25) is 0 Å². The maximum absolute atomic E-state index is 12.8. The van der Waals surface area contributed by atoms with Gasteiger partial charge < -0.3 is 5.11 Å². The van der Waals surface area contributed by atoms with Crippen molar-refractivity contribution in [1.82, 2.24) is 4.31 Å². The van der Waals surface area contributed by atoms with Crippen LogP contribution < -0.4 is 0 Å². The molecule has 8 heteroatoms. The van der Waals surface area contributed by atoms with Crippen LogP contribution in [0.3, 0.4) is 0 Å². The summed E-state index contributed by atoms with van der Waals surface area (Å²) in [6.45, 7) is 2.50. The van der Waals surface area contributed by atoms with Gasteiger partial charge in [0, 0.05) is 13.1 Å². The Morgan fingerprint density at radius 1 is 1.29 bits per heavy atom. The average Bonchev–Trinajstić information content (AvgIpc) is 2.82. The number of rotatable bonds is 2. The van der Waals surface area contributed by atoms with E-state index in [1.807, 2.05) is 0 Å². The highest BCUT2D eigenvalue weighted by Crippen LogP contribution is 2.39. The van der Waals surface area contributed by atoms with Crippen molar-refractivity contribution in [3.05, 3.63) is 18.2 Å². The molecule has 0 amide bonds. The van der Waals surface area contributed by atoms with Crippen molar-refractivity contribution < 1.29 is 13.5 Å². The average molecular weight is 327 g/mol. The number of nitrogens with zero attached hydrogens (tertiary/aromatic N) is 3. The van der Waals surface area contributed by atoms with Crippen LogP contribution in [0.15, 0.2) is 31.8 Å². The van der Waals surface area contributed by atoms with E-state index in [1.165, 1.54) is 4.31 Å². The van der Waals surface area contributed by atoms with Gasteiger partial charge in [0.15, 0.2) is 0 Å². The Balaban J connectivity index is 1.95. The van der Waals surface area contributed by atoms with Crippen molar-refractivity contribution in [3.63, 3.8) is 0 Å². The van der Waals surface area contributed by atoms with Crippen LogP contribution in [0.1, 0.15) is 26.2 Å². The summed E-state index contributed by atoms with van der Waals surface area (Å²) in [6, 6.07) is 5.01. The predicted molar refractivity (Wildman–Crippen MR) is 81.2 cm³/mol. The predicted octanol–water partition coefficient (Wildman–Crippen LogP) is 2.34. The Hall–Kier alpha value is -1.09. The molecule has 114 valence electrons. The lowest BCUT2D eigenvalue weighted by atomic mass is 9.98. The molecule has 1 unspecified atom stereocenters. The summed E-state index contributed by atoms with van der Waals surface area (Å²) in [7, 11) is -3.61. The fourth-order valence-corrected chi connectivity index (χ4v) is 4.84. The van der Waals surface area contributed by atoms with Crippen LogP contribution in [-0.4, -0.2) is 36.5 Å². The molecule has 0 saturated carbocycles. The first-order valence-electron chi connectivity index (χ1n) is 6.84.